The highest BCUT2D eigenvalue weighted by Crippen LogP contribution is 2.49. The molecule has 97 heavy (non-hydrogen) atoms. The number of hydrogen-bond donors (Lipinski definition) is 1. The summed E-state index contributed by atoms with van der Waals surface area (Å²) in [6.45, 7) is 16.1. The van der Waals surface area contributed by atoms with Gasteiger partial charge in [0.05, 0.1) is 141 Å². The third kappa shape index (κ3) is 20.5. The van der Waals surface area contributed by atoms with Crippen molar-refractivity contribution >= 4 is 124 Å². The lowest BCUT2D eigenvalue weighted by atomic mass is 9.98. The lowest BCUT2D eigenvalue weighted by Gasteiger charge is -2.44. The van der Waals surface area contributed by atoms with Gasteiger partial charge in [0.25, 0.3) is 11.8 Å². The van der Waals surface area contributed by atoms with Gasteiger partial charge in [-0.25, -0.2) is 14.5 Å². The highest BCUT2D eigenvalue weighted by molar-refractivity contribution is 6.74. The molecule has 4 amide bonds. The zero-order valence-electron chi connectivity index (χ0n) is 55.8. The number of methoxy groups -OCH3 is 3. The standard InChI is InChI=1S/C67H85Cl6N5O18Si/c1-43-52-33-46(44-11-15-48(83-5)16-12-44)39-75(52)60(79)50-35-56(84-6)58(37-53(50)77(43)63(81)94-41-66(68,69)70)92-20-10-21-93-59-38-54-51(36-57(59)85-7)61(80)76-40-47(34-55(76)62(96-97(8,9)65(2,3)4)78(54)64(82)95-42-67(71,72)73)45-13-17-49(18-14-45)91-32-31-90-30-29-89-28-27-88-26-25-87-24-23-86-22-19-74/h11-18,35-40,43,52,55,62H,10,19-34,41-42,74H2,1-9H3. The molecule has 532 valence electrons. The fourth-order valence-corrected chi connectivity index (χ4v) is 12.4. The largest absolute Gasteiger partial charge is 0.497 e. The van der Waals surface area contributed by atoms with Crippen LogP contribution in [-0.2, 0) is 37.6 Å². The summed E-state index contributed by atoms with van der Waals surface area (Å²) in [5.41, 5.74) is 9.18. The summed E-state index contributed by atoms with van der Waals surface area (Å²) < 4.78 is 78.1. The Labute approximate surface area is 597 Å². The number of ether oxygens (including phenoxy) is 13. The van der Waals surface area contributed by atoms with Gasteiger partial charge in [-0.1, -0.05) is 115 Å². The van der Waals surface area contributed by atoms with Gasteiger partial charge in [-0.3, -0.25) is 14.5 Å². The average molecular weight is 1490 g/mol. The molecule has 0 aliphatic carbocycles. The second-order valence-electron chi connectivity index (χ2n) is 24.4. The molecule has 0 bridgehead atoms. The molecule has 4 aliphatic rings. The van der Waals surface area contributed by atoms with Gasteiger partial charge >= 0.3 is 12.2 Å². The maximum atomic E-state index is 15.3. The number of benzene rings is 4. The molecule has 23 nitrogen and oxygen atoms in total. The van der Waals surface area contributed by atoms with E-state index in [9.17, 15) is 14.4 Å². The summed E-state index contributed by atoms with van der Waals surface area (Å²) in [5, 5.41) is -0.383. The third-order valence-corrected chi connectivity index (χ3v) is 21.9. The fourth-order valence-electron chi connectivity index (χ4n) is 10.9. The van der Waals surface area contributed by atoms with E-state index >= 15 is 4.79 Å². The quantitative estimate of drug-likeness (QED) is 0.0265. The van der Waals surface area contributed by atoms with Crippen LogP contribution in [-0.4, -0.2) is 201 Å². The molecular weight excluding hydrogens is 1400 g/mol. The van der Waals surface area contributed by atoms with Crippen LogP contribution >= 0.6 is 69.6 Å². The Morgan fingerprint density at radius 3 is 1.37 bits per heavy atom. The first-order valence-electron chi connectivity index (χ1n) is 31.6. The topological polar surface area (TPSA) is 236 Å². The van der Waals surface area contributed by atoms with Gasteiger partial charge < -0.3 is 81.5 Å². The maximum Gasteiger partial charge on any atom is 0.416 e. The molecule has 4 aliphatic heterocycles. The number of nitrogens with two attached hydrogens (primary N) is 1. The lowest BCUT2D eigenvalue weighted by molar-refractivity contribution is -0.0122. The van der Waals surface area contributed by atoms with Gasteiger partial charge in [-0.05, 0) is 96.6 Å². The van der Waals surface area contributed by atoms with E-state index in [0.29, 0.717) is 97.1 Å². The number of carbonyl (C=O) groups is 4. The van der Waals surface area contributed by atoms with Crippen LogP contribution < -0.4 is 44.0 Å². The number of fused-ring (bicyclic) bond motifs is 4. The number of halogens is 6. The summed E-state index contributed by atoms with van der Waals surface area (Å²) >= 11 is 36.8. The SMILES string of the molecule is COc1ccc(C2=CN3C(=O)c4cc(OC)c(OCCCOc5cc6c(cc5OC)C(=O)N5C=C(c7ccc(OCCOCCOCCOCCOCCOCCN)cc7)CC5C(O[Si](C)(C)C(C)(C)C)N6C(=O)OCC(Cl)(Cl)Cl)cc4N(C(=O)OCC(Cl)(Cl)Cl)C(C)C3C2)cc1. The van der Waals surface area contributed by atoms with Crippen molar-refractivity contribution in [3.05, 3.63) is 107 Å². The van der Waals surface area contributed by atoms with Crippen molar-refractivity contribution < 1.29 is 85.2 Å². The molecule has 0 fully saturated rings. The van der Waals surface area contributed by atoms with Crippen molar-refractivity contribution in [2.75, 3.05) is 137 Å². The highest BCUT2D eigenvalue weighted by Gasteiger charge is 2.52. The van der Waals surface area contributed by atoms with Gasteiger partial charge in [0.2, 0.25) is 7.59 Å². The van der Waals surface area contributed by atoms with E-state index in [-0.39, 0.29) is 76.6 Å². The number of anilines is 2. The second-order valence-corrected chi connectivity index (χ2v) is 34.2. The molecule has 4 unspecified atom stereocenters. The van der Waals surface area contributed by atoms with Crippen molar-refractivity contribution in [1.29, 1.82) is 0 Å². The Kier molecular flexibility index (Phi) is 27.9. The predicted octanol–water partition coefficient (Wildman–Crippen LogP) is 12.9. The summed E-state index contributed by atoms with van der Waals surface area (Å²) in [4.78, 5) is 65.0. The highest BCUT2D eigenvalue weighted by atomic mass is 35.6. The van der Waals surface area contributed by atoms with Crippen LogP contribution in [0.5, 0.6) is 34.5 Å². The summed E-state index contributed by atoms with van der Waals surface area (Å²) in [5.74, 6) is 1.12. The minimum Gasteiger partial charge on any atom is -0.497 e. The van der Waals surface area contributed by atoms with Gasteiger partial charge in [0.15, 0.2) is 37.5 Å². The molecule has 0 aromatic heterocycles. The molecule has 0 radical (unpaired) electrons. The van der Waals surface area contributed by atoms with E-state index < -0.39 is 77.5 Å². The van der Waals surface area contributed by atoms with Crippen molar-refractivity contribution in [2.24, 2.45) is 5.73 Å². The van der Waals surface area contributed by atoms with Crippen LogP contribution in [0.15, 0.2) is 85.2 Å². The van der Waals surface area contributed by atoms with Crippen LogP contribution in [0.25, 0.3) is 11.1 Å². The first kappa shape index (κ1) is 77.1. The minimum absolute atomic E-state index is 0.000472. The number of rotatable bonds is 33. The maximum absolute atomic E-state index is 15.3. The van der Waals surface area contributed by atoms with E-state index in [0.717, 1.165) is 22.3 Å². The zero-order chi connectivity index (χ0) is 70.2. The lowest BCUT2D eigenvalue weighted by Crippen LogP contribution is -2.58. The number of hydrogen-bond acceptors (Lipinski definition) is 19. The van der Waals surface area contributed by atoms with Crippen molar-refractivity contribution in [2.45, 2.75) is 97.0 Å². The average Bonchev–Trinajstić information content (AvgIpc) is 1.61. The molecule has 0 spiro atoms. The van der Waals surface area contributed by atoms with Crippen LogP contribution in [0.3, 0.4) is 0 Å². The van der Waals surface area contributed by atoms with Gasteiger partial charge in [0, 0.05) is 37.5 Å². The fraction of sp³-hybridized carbons (Fsp3) is 0.522. The van der Waals surface area contributed by atoms with Crippen molar-refractivity contribution in [3.63, 3.8) is 0 Å². The molecular formula is C67H85Cl6N5O18Si. The Balaban J connectivity index is 0.981. The van der Waals surface area contributed by atoms with Crippen LogP contribution in [0.2, 0.25) is 18.1 Å². The van der Waals surface area contributed by atoms with E-state index in [1.807, 2.05) is 68.5 Å². The third-order valence-electron chi connectivity index (χ3n) is 16.8. The molecule has 4 heterocycles. The van der Waals surface area contributed by atoms with Crippen molar-refractivity contribution in [1.82, 2.24) is 9.80 Å². The number of alkyl halides is 6. The molecule has 4 atom stereocenters. The Morgan fingerprint density at radius 2 is 0.938 bits per heavy atom. The van der Waals surface area contributed by atoms with E-state index in [1.54, 1.807) is 35.4 Å². The molecule has 8 rings (SSSR count). The van der Waals surface area contributed by atoms with Gasteiger partial charge in [-0.2, -0.15) is 0 Å². The second kappa shape index (κ2) is 35.1. The molecule has 2 N–H and O–H groups in total. The van der Waals surface area contributed by atoms with Gasteiger partial charge in [-0.15, -0.1) is 0 Å². The molecule has 30 heteroatoms. The number of carbonyl (C=O) groups excluding carboxylic acids is 4. The summed E-state index contributed by atoms with van der Waals surface area (Å²) in [6, 6.07) is 19.0. The molecule has 0 saturated carbocycles. The zero-order valence-corrected chi connectivity index (χ0v) is 61.3. The number of amides is 4. The Morgan fingerprint density at radius 1 is 0.526 bits per heavy atom. The van der Waals surface area contributed by atoms with E-state index in [1.165, 1.54) is 42.2 Å². The summed E-state index contributed by atoms with van der Waals surface area (Å²) in [6.07, 6.45) is 1.46. The normalized spacial score (nSPS) is 17.9. The van der Waals surface area contributed by atoms with Crippen molar-refractivity contribution in [3.8, 4) is 34.5 Å². The van der Waals surface area contributed by atoms with Crippen LogP contribution in [0, 0.1) is 0 Å². The first-order valence-corrected chi connectivity index (χ1v) is 36.8. The Hall–Kier alpha value is -5.68. The van der Waals surface area contributed by atoms with Crippen LogP contribution in [0.1, 0.15) is 78.8 Å². The van der Waals surface area contributed by atoms with E-state index in [2.05, 4.69) is 20.8 Å². The number of nitrogens with zero attached hydrogens (tertiary/aromatic N) is 4. The molecule has 4 aromatic rings. The summed E-state index contributed by atoms with van der Waals surface area (Å²) in [7, 11) is 1.59. The first-order chi connectivity index (χ1) is 46.2. The predicted molar refractivity (Wildman–Crippen MR) is 375 cm³/mol. The van der Waals surface area contributed by atoms with E-state index in [4.69, 9.17) is 141 Å². The molecule has 0 saturated heterocycles. The van der Waals surface area contributed by atoms with Gasteiger partial charge in [0.1, 0.15) is 31.3 Å². The molecule has 4 aromatic carbocycles. The minimum atomic E-state index is -2.85. The Bertz CT molecular complexity index is 3390. The monoisotopic (exact) mass is 1490 g/mol. The smallest absolute Gasteiger partial charge is 0.416 e. The van der Waals surface area contributed by atoms with Crippen LogP contribution in [0.4, 0.5) is 21.0 Å².